The summed E-state index contributed by atoms with van der Waals surface area (Å²) < 4.78 is 6.89. The molecule has 8 nitrogen and oxygen atoms in total. The zero-order chi connectivity index (χ0) is 19.8. The van der Waals surface area contributed by atoms with Gasteiger partial charge in [0.1, 0.15) is 10.6 Å². The highest BCUT2D eigenvalue weighted by molar-refractivity contribution is 6.03. The maximum Gasteiger partial charge on any atom is 0.433 e. The number of benzene rings is 1. The number of hydrogen-bond donors (Lipinski definition) is 1. The van der Waals surface area contributed by atoms with Crippen LogP contribution in [0.25, 0.3) is 16.9 Å². The summed E-state index contributed by atoms with van der Waals surface area (Å²) in [5.74, 6) is -1.16. The van der Waals surface area contributed by atoms with Gasteiger partial charge >= 0.3 is 5.88 Å². The van der Waals surface area contributed by atoms with Crippen LogP contribution in [0.15, 0.2) is 59.3 Å². The zero-order valence-electron chi connectivity index (χ0n) is 15.2. The van der Waals surface area contributed by atoms with Crippen molar-refractivity contribution in [1.29, 1.82) is 0 Å². The molecule has 0 saturated heterocycles. The number of fused-ring (bicyclic) bond motifs is 1. The molecule has 0 aliphatic heterocycles. The molecule has 0 aliphatic rings. The number of rotatable bonds is 4. The lowest BCUT2D eigenvalue weighted by atomic mass is 10.1. The van der Waals surface area contributed by atoms with E-state index in [-0.39, 0.29) is 5.76 Å². The molecule has 4 aromatic rings. The molecule has 0 unspecified atom stereocenters. The summed E-state index contributed by atoms with van der Waals surface area (Å²) in [6, 6.07) is 12.0. The minimum Gasteiger partial charge on any atom is -0.395 e. The molecular formula is C20H16N4O4. The van der Waals surface area contributed by atoms with E-state index < -0.39 is 16.7 Å². The van der Waals surface area contributed by atoms with Crippen LogP contribution >= 0.6 is 0 Å². The summed E-state index contributed by atoms with van der Waals surface area (Å²) in [4.78, 5) is 27.0. The van der Waals surface area contributed by atoms with Crippen LogP contribution < -0.4 is 5.32 Å². The maximum absolute atomic E-state index is 12.4. The Bertz CT molecular complexity index is 1220. The first-order chi connectivity index (χ1) is 13.4. The molecular weight excluding hydrogens is 360 g/mol. The summed E-state index contributed by atoms with van der Waals surface area (Å²) in [5, 5.41) is 13.5. The molecule has 3 aromatic heterocycles. The fraction of sp³-hybridized carbons (Fsp3) is 0.100. The smallest absolute Gasteiger partial charge is 0.395 e. The molecule has 28 heavy (non-hydrogen) atoms. The molecule has 0 fully saturated rings. The number of nitro groups is 1. The van der Waals surface area contributed by atoms with Crippen molar-refractivity contribution in [2.45, 2.75) is 13.8 Å². The van der Waals surface area contributed by atoms with Crippen molar-refractivity contribution in [2.24, 2.45) is 0 Å². The van der Waals surface area contributed by atoms with Crippen LogP contribution in [0.2, 0.25) is 0 Å². The highest BCUT2D eigenvalue weighted by atomic mass is 16.6. The van der Waals surface area contributed by atoms with Gasteiger partial charge in [-0.15, -0.1) is 0 Å². The van der Waals surface area contributed by atoms with E-state index in [1.807, 2.05) is 61.0 Å². The number of nitrogens with one attached hydrogen (secondary N) is 1. The van der Waals surface area contributed by atoms with Crippen LogP contribution in [-0.4, -0.2) is 20.2 Å². The van der Waals surface area contributed by atoms with E-state index in [9.17, 15) is 14.9 Å². The Morgan fingerprint density at radius 3 is 2.75 bits per heavy atom. The number of aromatic nitrogens is 2. The summed E-state index contributed by atoms with van der Waals surface area (Å²) in [5.41, 5.74) is 4.99. The summed E-state index contributed by atoms with van der Waals surface area (Å²) >= 11 is 0. The van der Waals surface area contributed by atoms with Crippen molar-refractivity contribution in [2.75, 3.05) is 5.32 Å². The molecule has 0 spiro atoms. The Kier molecular flexibility index (Phi) is 4.15. The summed E-state index contributed by atoms with van der Waals surface area (Å²) in [6.07, 6.45) is 3.86. The molecule has 3 heterocycles. The van der Waals surface area contributed by atoms with Gasteiger partial charge < -0.3 is 14.1 Å². The fourth-order valence-electron chi connectivity index (χ4n) is 2.87. The van der Waals surface area contributed by atoms with Gasteiger partial charge in [0.05, 0.1) is 11.8 Å². The molecule has 0 bridgehead atoms. The highest BCUT2D eigenvalue weighted by Crippen LogP contribution is 2.26. The number of furan rings is 1. The quantitative estimate of drug-likeness (QED) is 0.421. The van der Waals surface area contributed by atoms with Crippen LogP contribution in [0.4, 0.5) is 11.6 Å². The lowest BCUT2D eigenvalue weighted by Gasteiger charge is -2.08. The molecule has 1 aromatic carbocycles. The van der Waals surface area contributed by atoms with Gasteiger partial charge in [-0.2, -0.15) is 0 Å². The molecule has 0 atom stereocenters. The Morgan fingerprint density at radius 1 is 1.18 bits per heavy atom. The van der Waals surface area contributed by atoms with Crippen molar-refractivity contribution in [3.05, 3.63) is 81.9 Å². The molecule has 8 heteroatoms. The van der Waals surface area contributed by atoms with E-state index in [2.05, 4.69) is 10.3 Å². The number of anilines is 1. The molecule has 140 valence electrons. The maximum atomic E-state index is 12.4. The number of hydrogen-bond acceptors (Lipinski definition) is 5. The minimum absolute atomic E-state index is 0.125. The third kappa shape index (κ3) is 3.23. The van der Waals surface area contributed by atoms with Crippen LogP contribution in [0.3, 0.4) is 0 Å². The van der Waals surface area contributed by atoms with Gasteiger partial charge in [-0.1, -0.05) is 12.1 Å². The molecule has 1 amide bonds. The Hall–Kier alpha value is -3.94. The lowest BCUT2D eigenvalue weighted by molar-refractivity contribution is -0.402. The summed E-state index contributed by atoms with van der Waals surface area (Å²) in [6.45, 7) is 3.86. The van der Waals surface area contributed by atoms with E-state index in [0.717, 1.165) is 34.1 Å². The molecule has 0 radical (unpaired) electrons. The second kappa shape index (κ2) is 6.66. The van der Waals surface area contributed by atoms with Crippen molar-refractivity contribution in [1.82, 2.24) is 9.38 Å². The van der Waals surface area contributed by atoms with E-state index in [1.54, 1.807) is 0 Å². The first-order valence-electron chi connectivity index (χ1n) is 8.53. The Balaban J connectivity index is 1.64. The van der Waals surface area contributed by atoms with Crippen LogP contribution in [0, 0.1) is 24.0 Å². The highest BCUT2D eigenvalue weighted by Gasteiger charge is 2.18. The van der Waals surface area contributed by atoms with Gasteiger partial charge in [0, 0.05) is 23.6 Å². The van der Waals surface area contributed by atoms with Crippen molar-refractivity contribution >= 4 is 23.1 Å². The summed E-state index contributed by atoms with van der Waals surface area (Å²) in [7, 11) is 0. The number of nitrogens with zero attached hydrogens (tertiary/aromatic N) is 3. The predicted molar refractivity (Wildman–Crippen MR) is 103 cm³/mol. The number of amides is 1. The van der Waals surface area contributed by atoms with Crippen molar-refractivity contribution in [3.63, 3.8) is 0 Å². The van der Waals surface area contributed by atoms with Crippen LogP contribution in [0.1, 0.15) is 21.7 Å². The first-order valence-corrected chi connectivity index (χ1v) is 8.53. The number of imidazole rings is 1. The number of pyridine rings is 1. The van der Waals surface area contributed by atoms with E-state index >= 15 is 0 Å². The lowest BCUT2D eigenvalue weighted by Crippen LogP contribution is -2.12. The fourth-order valence-corrected chi connectivity index (χ4v) is 2.87. The zero-order valence-corrected chi connectivity index (χ0v) is 15.2. The van der Waals surface area contributed by atoms with Crippen molar-refractivity contribution < 1.29 is 14.1 Å². The molecule has 0 aliphatic carbocycles. The predicted octanol–water partition coefficient (Wildman–Crippen LogP) is 4.37. The number of aryl methyl sites for hydroxylation is 2. The van der Waals surface area contributed by atoms with Gasteiger partial charge in [0.2, 0.25) is 0 Å². The second-order valence-corrected chi connectivity index (χ2v) is 6.47. The third-order valence-corrected chi connectivity index (χ3v) is 4.39. The average Bonchev–Trinajstić information content (AvgIpc) is 3.30. The average molecular weight is 376 g/mol. The molecule has 1 N–H and O–H groups in total. The topological polar surface area (TPSA) is 103 Å². The van der Waals surface area contributed by atoms with Gasteiger partial charge in [0.15, 0.2) is 5.76 Å². The number of carbonyl (C=O) groups excluding carboxylic acids is 1. The van der Waals surface area contributed by atoms with E-state index in [1.165, 1.54) is 6.07 Å². The van der Waals surface area contributed by atoms with Gasteiger partial charge in [-0.3, -0.25) is 14.9 Å². The standard InChI is InChI=1S/C20H16N4O4/c1-12-7-8-23-11-16(21-18(23)9-12)14-4-3-13(2)15(10-14)22-20(25)17-5-6-19(28-17)24(26)27/h3-11H,1-2H3,(H,22,25). The Labute approximate surface area is 159 Å². The molecule has 0 saturated carbocycles. The van der Waals surface area contributed by atoms with Gasteiger partial charge in [-0.05, 0) is 49.2 Å². The molecule has 4 rings (SSSR count). The third-order valence-electron chi connectivity index (χ3n) is 4.39. The Morgan fingerprint density at radius 2 is 2.00 bits per heavy atom. The monoisotopic (exact) mass is 376 g/mol. The van der Waals surface area contributed by atoms with Crippen molar-refractivity contribution in [3.8, 4) is 11.3 Å². The SMILES string of the molecule is Cc1ccn2cc(-c3ccc(C)c(NC(=O)c4ccc([N+](=O)[O-])o4)c3)nc2c1. The normalized spacial score (nSPS) is 10.9. The van der Waals surface area contributed by atoms with E-state index in [4.69, 9.17) is 4.42 Å². The van der Waals surface area contributed by atoms with Crippen LogP contribution in [0.5, 0.6) is 0 Å². The van der Waals surface area contributed by atoms with Crippen LogP contribution in [-0.2, 0) is 0 Å². The van der Waals surface area contributed by atoms with Gasteiger partial charge in [-0.25, -0.2) is 4.98 Å². The largest absolute Gasteiger partial charge is 0.433 e. The number of carbonyl (C=O) groups is 1. The first kappa shape index (κ1) is 17.5. The second-order valence-electron chi connectivity index (χ2n) is 6.47. The van der Waals surface area contributed by atoms with Gasteiger partial charge in [0.25, 0.3) is 5.91 Å². The minimum atomic E-state index is -0.687. The van der Waals surface area contributed by atoms with E-state index in [0.29, 0.717) is 5.69 Å².